The number of fused-ring (bicyclic) bond motifs is 1. The van der Waals surface area contributed by atoms with Crippen LogP contribution < -0.4 is 9.64 Å². The molecule has 0 radical (unpaired) electrons. The van der Waals surface area contributed by atoms with E-state index in [2.05, 4.69) is 30.9 Å². The van der Waals surface area contributed by atoms with E-state index in [4.69, 9.17) is 21.1 Å². The lowest BCUT2D eigenvalue weighted by molar-refractivity contribution is 0.00695. The third kappa shape index (κ3) is 7.37. The van der Waals surface area contributed by atoms with Crippen molar-refractivity contribution < 1.29 is 19.4 Å². The minimum Gasteiger partial charge on any atom is -0.491 e. The standard InChI is InChI=1S/C29H40ClNO4/c1-6-8-21-15-24(30)10-11-25(21)23-17-31(14-13-20(7-2)18-32)26-16-22(9-12-27(26)34-19-23)28(33)35-29(3,4)5/h9-12,15-16,20,23,32H,6-8,13-14,17-19H2,1-5H3. The van der Waals surface area contributed by atoms with Crippen LogP contribution in [0.25, 0.3) is 0 Å². The van der Waals surface area contributed by atoms with Crippen LogP contribution in [0.15, 0.2) is 36.4 Å². The smallest absolute Gasteiger partial charge is 0.338 e. The summed E-state index contributed by atoms with van der Waals surface area (Å²) < 4.78 is 11.9. The fraction of sp³-hybridized carbons (Fsp3) is 0.552. The van der Waals surface area contributed by atoms with Gasteiger partial charge in [0.25, 0.3) is 0 Å². The van der Waals surface area contributed by atoms with Crippen LogP contribution in [0, 0.1) is 5.92 Å². The van der Waals surface area contributed by atoms with Crippen LogP contribution in [0.3, 0.4) is 0 Å². The molecule has 0 fully saturated rings. The Morgan fingerprint density at radius 2 is 2.00 bits per heavy atom. The molecular formula is C29H40ClNO4. The van der Waals surface area contributed by atoms with Crippen molar-refractivity contribution in [2.45, 2.75) is 71.8 Å². The van der Waals surface area contributed by atoms with Crippen LogP contribution in [0.5, 0.6) is 5.75 Å². The Bertz CT molecular complexity index is 997. The Morgan fingerprint density at radius 1 is 1.23 bits per heavy atom. The van der Waals surface area contributed by atoms with Gasteiger partial charge in [-0.1, -0.05) is 44.4 Å². The topological polar surface area (TPSA) is 59.0 Å². The Kier molecular flexibility index (Phi) is 9.48. The van der Waals surface area contributed by atoms with Crippen molar-refractivity contribution in [3.63, 3.8) is 0 Å². The summed E-state index contributed by atoms with van der Waals surface area (Å²) in [6.07, 6.45) is 3.79. The van der Waals surface area contributed by atoms with Crippen molar-refractivity contribution >= 4 is 23.3 Å². The molecule has 0 aromatic heterocycles. The molecule has 0 saturated carbocycles. The zero-order chi connectivity index (χ0) is 25.6. The van der Waals surface area contributed by atoms with Crippen molar-refractivity contribution in [3.05, 3.63) is 58.1 Å². The van der Waals surface area contributed by atoms with Gasteiger partial charge in [0.2, 0.25) is 0 Å². The fourth-order valence-electron chi connectivity index (χ4n) is 4.58. The van der Waals surface area contributed by atoms with Gasteiger partial charge in [-0.25, -0.2) is 4.79 Å². The number of anilines is 1. The minimum absolute atomic E-state index is 0.153. The van der Waals surface area contributed by atoms with Gasteiger partial charge in [0, 0.05) is 30.6 Å². The molecule has 2 aromatic carbocycles. The van der Waals surface area contributed by atoms with Gasteiger partial charge in [0.1, 0.15) is 11.4 Å². The highest BCUT2D eigenvalue weighted by Crippen LogP contribution is 2.37. The van der Waals surface area contributed by atoms with E-state index in [1.807, 2.05) is 39.0 Å². The summed E-state index contributed by atoms with van der Waals surface area (Å²) in [4.78, 5) is 15.1. The zero-order valence-corrected chi connectivity index (χ0v) is 22.5. The number of nitrogens with zero attached hydrogens (tertiary/aromatic N) is 1. The monoisotopic (exact) mass is 501 g/mol. The van der Waals surface area contributed by atoms with Gasteiger partial charge >= 0.3 is 5.97 Å². The lowest BCUT2D eigenvalue weighted by Crippen LogP contribution is -2.31. The molecule has 1 aliphatic heterocycles. The molecule has 2 atom stereocenters. The molecule has 0 spiro atoms. The number of esters is 1. The predicted octanol–water partition coefficient (Wildman–Crippen LogP) is 6.64. The van der Waals surface area contributed by atoms with E-state index in [-0.39, 0.29) is 24.4 Å². The van der Waals surface area contributed by atoms with Crippen molar-refractivity contribution in [3.8, 4) is 5.75 Å². The third-order valence-corrected chi connectivity index (χ3v) is 6.76. The summed E-state index contributed by atoms with van der Waals surface area (Å²) in [6, 6.07) is 11.7. The van der Waals surface area contributed by atoms with E-state index < -0.39 is 5.60 Å². The highest BCUT2D eigenvalue weighted by molar-refractivity contribution is 6.30. The highest BCUT2D eigenvalue weighted by atomic mass is 35.5. The van der Waals surface area contributed by atoms with E-state index in [1.165, 1.54) is 11.1 Å². The molecule has 1 aliphatic rings. The van der Waals surface area contributed by atoms with Gasteiger partial charge in [-0.15, -0.1) is 0 Å². The third-order valence-electron chi connectivity index (χ3n) is 6.52. The van der Waals surface area contributed by atoms with Crippen molar-refractivity contribution in [1.82, 2.24) is 0 Å². The van der Waals surface area contributed by atoms with E-state index in [0.717, 1.165) is 55.2 Å². The summed E-state index contributed by atoms with van der Waals surface area (Å²) in [5, 5.41) is 10.5. The number of ether oxygens (including phenoxy) is 2. The average molecular weight is 502 g/mol. The molecule has 0 amide bonds. The molecular weight excluding hydrogens is 462 g/mol. The summed E-state index contributed by atoms with van der Waals surface area (Å²) in [7, 11) is 0. The predicted molar refractivity (Wildman–Crippen MR) is 143 cm³/mol. The second kappa shape index (κ2) is 12.1. The van der Waals surface area contributed by atoms with Gasteiger partial charge in [-0.3, -0.25) is 0 Å². The number of carbonyl (C=O) groups is 1. The number of aryl methyl sites for hydroxylation is 1. The van der Waals surface area contributed by atoms with Gasteiger partial charge < -0.3 is 19.5 Å². The zero-order valence-electron chi connectivity index (χ0n) is 21.8. The van der Waals surface area contributed by atoms with Gasteiger partial charge in [-0.2, -0.15) is 0 Å². The van der Waals surface area contributed by atoms with Crippen molar-refractivity contribution in [1.29, 1.82) is 0 Å². The fourth-order valence-corrected chi connectivity index (χ4v) is 4.77. The van der Waals surface area contributed by atoms with Crippen LogP contribution in [-0.2, 0) is 11.2 Å². The first-order valence-corrected chi connectivity index (χ1v) is 13.2. The van der Waals surface area contributed by atoms with E-state index in [0.29, 0.717) is 12.2 Å². The first kappa shape index (κ1) is 27.3. The molecule has 2 aromatic rings. The number of aliphatic hydroxyl groups excluding tert-OH is 1. The first-order chi connectivity index (χ1) is 16.6. The highest BCUT2D eigenvalue weighted by Gasteiger charge is 2.28. The second-order valence-corrected chi connectivity index (χ2v) is 10.9. The number of carbonyl (C=O) groups excluding carboxylic acids is 1. The molecule has 3 rings (SSSR count). The van der Waals surface area contributed by atoms with E-state index >= 15 is 0 Å². The molecule has 1 heterocycles. The molecule has 35 heavy (non-hydrogen) atoms. The van der Waals surface area contributed by atoms with Crippen LogP contribution in [0.2, 0.25) is 5.02 Å². The molecule has 0 saturated heterocycles. The van der Waals surface area contributed by atoms with Gasteiger partial charge in [0.05, 0.1) is 17.9 Å². The number of aliphatic hydroxyl groups is 1. The summed E-state index contributed by atoms with van der Waals surface area (Å²) in [5.74, 6) is 0.815. The maximum Gasteiger partial charge on any atom is 0.338 e. The maximum atomic E-state index is 12.8. The SMILES string of the molecule is CCCc1cc(Cl)ccc1C1COc2ccc(C(=O)OC(C)(C)C)cc2N(CCC(CC)CO)C1. The van der Waals surface area contributed by atoms with Gasteiger partial charge in [-0.05, 0) is 81.0 Å². The normalized spacial score (nSPS) is 16.8. The van der Waals surface area contributed by atoms with Crippen molar-refractivity contribution in [2.24, 2.45) is 5.92 Å². The number of halogens is 1. The molecule has 192 valence electrons. The van der Waals surface area contributed by atoms with Crippen LogP contribution in [0.1, 0.15) is 81.3 Å². The van der Waals surface area contributed by atoms with Crippen LogP contribution in [-0.4, -0.2) is 43.0 Å². The summed E-state index contributed by atoms with van der Waals surface area (Å²) in [6.45, 7) is 12.1. The van der Waals surface area contributed by atoms with Gasteiger partial charge in [0.15, 0.2) is 0 Å². The average Bonchev–Trinajstić information content (AvgIpc) is 2.98. The number of hydrogen-bond donors (Lipinski definition) is 1. The minimum atomic E-state index is -0.565. The Balaban J connectivity index is 1.96. The Labute approximate surface area is 215 Å². The number of rotatable bonds is 9. The molecule has 0 aliphatic carbocycles. The Hall–Kier alpha value is -2.24. The van der Waals surface area contributed by atoms with Crippen molar-refractivity contribution in [2.75, 3.05) is 31.2 Å². The number of hydrogen-bond acceptors (Lipinski definition) is 5. The Morgan fingerprint density at radius 3 is 2.66 bits per heavy atom. The molecule has 1 N–H and O–H groups in total. The largest absolute Gasteiger partial charge is 0.491 e. The lowest BCUT2D eigenvalue weighted by atomic mass is 9.92. The quantitative estimate of drug-likeness (QED) is 0.390. The van der Waals surface area contributed by atoms with Crippen LogP contribution in [0.4, 0.5) is 5.69 Å². The lowest BCUT2D eigenvalue weighted by Gasteiger charge is -2.29. The summed E-state index contributed by atoms with van der Waals surface area (Å²) >= 11 is 6.33. The van der Waals surface area contributed by atoms with E-state index in [1.54, 1.807) is 6.07 Å². The maximum absolute atomic E-state index is 12.8. The molecule has 6 heteroatoms. The molecule has 0 bridgehead atoms. The second-order valence-electron chi connectivity index (χ2n) is 10.5. The molecule has 5 nitrogen and oxygen atoms in total. The summed E-state index contributed by atoms with van der Waals surface area (Å²) in [5.41, 5.74) is 3.37. The number of benzene rings is 2. The molecule has 2 unspecified atom stereocenters. The first-order valence-electron chi connectivity index (χ1n) is 12.8. The van der Waals surface area contributed by atoms with E-state index in [9.17, 15) is 9.90 Å². The van der Waals surface area contributed by atoms with Crippen LogP contribution >= 0.6 is 11.6 Å².